The molecule has 0 unspecified atom stereocenters. The van der Waals surface area contributed by atoms with Crippen molar-refractivity contribution >= 4 is 39.1 Å². The number of pyridine rings is 4. The van der Waals surface area contributed by atoms with E-state index in [9.17, 15) is 0 Å². The highest BCUT2D eigenvalue weighted by molar-refractivity contribution is 7.98. The van der Waals surface area contributed by atoms with Gasteiger partial charge in [0.15, 0.2) is 18.3 Å². The van der Waals surface area contributed by atoms with Crippen molar-refractivity contribution in [1.29, 1.82) is 0 Å². The van der Waals surface area contributed by atoms with E-state index in [-0.39, 0.29) is 0 Å². The number of thioether (sulfide) groups is 1. The standard InChI is InChI=1S/2C9H11N.C9H7N.2C9H11N.C9H7N.C9H10O.C9H10S.2C8H8O2.20C2H6/c3*1-2-6-9-8(4-1)5-3-7-10-9;5*1-2-4-9-7-10-6-5-8(9)3-1;1-2-4-8-7(3-1)5-9-6-10-8;1-2-4-8-7(3-1)9-5-6-10-8;20*1-2/h3,5,7H,1-2,4,6H2;1-2,4,6,10H,3,5,7H2;1-7H;5-7H,1-4H2;1-4,10H,5-7H2;1-7H;2*1-4H,5-7H2;2*1-4H,5-6H2;20*1-2H3. The van der Waals surface area contributed by atoms with Crippen LogP contribution in [-0.2, 0) is 86.4 Å². The van der Waals surface area contributed by atoms with Crippen LogP contribution in [0.25, 0.3) is 21.7 Å². The lowest BCUT2D eigenvalue weighted by Gasteiger charge is -2.17. The molecule has 4 aromatic heterocycles. The SMILES string of the molecule is CC.CC.CC.CC.CC.CC.CC.CC.CC.CC.CC.CC.CC.CC.CC.CC.CC.CC.CC.CC.c1cc2c(cn1)CCCC2.c1ccc2c(c1)CCCN2.c1ccc2c(c1)CCNC2.c1ccc2c(c1)CCOC2.c1ccc2c(c1)CCSC2.c1ccc2c(c1)COCO2.c1ccc2c(c1)OCCO2.c1ccc2cnccc2c1.c1ccc2ncccc2c1.c1cnc2c(c1)CCCC2. The summed E-state index contributed by atoms with van der Waals surface area (Å²) in [7, 11) is 0. The molecule has 0 bridgehead atoms. The molecular formula is C128H214N6O5S. The number of ether oxygens (including phenoxy) is 5. The Morgan fingerprint density at radius 2 is 0.643 bits per heavy atom. The highest BCUT2D eigenvalue weighted by Gasteiger charge is 2.13. The second kappa shape index (κ2) is 125. The van der Waals surface area contributed by atoms with E-state index >= 15 is 0 Å². The zero-order valence-electron chi connectivity index (χ0n) is 97.6. The fraction of sp³-hybridized carbons (Fsp3) is 0.500. The van der Waals surface area contributed by atoms with Gasteiger partial charge in [0.25, 0.3) is 0 Å². The van der Waals surface area contributed by atoms with Gasteiger partial charge in [0, 0.05) is 78.4 Å². The lowest BCUT2D eigenvalue weighted by atomic mass is 9.94. The maximum atomic E-state index is 5.30. The summed E-state index contributed by atoms with van der Waals surface area (Å²) < 4.78 is 26.2. The molecule has 0 spiro atoms. The van der Waals surface area contributed by atoms with E-state index in [0.29, 0.717) is 26.6 Å². The minimum absolute atomic E-state index is 0.386. The van der Waals surface area contributed by atoms with E-state index in [1.807, 2.05) is 423 Å². The number of anilines is 1. The van der Waals surface area contributed by atoms with Crippen molar-refractivity contribution in [2.45, 2.75) is 386 Å². The van der Waals surface area contributed by atoms with Crippen LogP contribution in [0.1, 0.15) is 376 Å². The molecule has 12 heteroatoms. The predicted octanol–water partition coefficient (Wildman–Crippen LogP) is 39.5. The van der Waals surface area contributed by atoms with Crippen LogP contribution in [0, 0.1) is 0 Å². The second-order valence-corrected chi connectivity index (χ2v) is 26.1. The number of aromatic nitrogens is 4. The van der Waals surface area contributed by atoms with E-state index in [4.69, 9.17) is 23.7 Å². The van der Waals surface area contributed by atoms with Gasteiger partial charge in [-0.15, -0.1) is 0 Å². The van der Waals surface area contributed by atoms with Crippen molar-refractivity contribution in [2.75, 3.05) is 50.8 Å². The Labute approximate surface area is 870 Å². The molecule has 0 saturated heterocycles. The van der Waals surface area contributed by atoms with Crippen molar-refractivity contribution in [1.82, 2.24) is 25.3 Å². The van der Waals surface area contributed by atoms with Crippen LogP contribution in [0.4, 0.5) is 5.69 Å². The Balaban J connectivity index is -0.000000161. The van der Waals surface area contributed by atoms with Gasteiger partial charge in [0.1, 0.15) is 19.0 Å². The number of hydrogen-bond acceptors (Lipinski definition) is 12. The molecule has 0 atom stereocenters. The molecule has 0 fully saturated rings. The van der Waals surface area contributed by atoms with Gasteiger partial charge in [0.05, 0.1) is 25.3 Å². The summed E-state index contributed by atoms with van der Waals surface area (Å²) in [5, 5.41) is 10.3. The first-order valence-corrected chi connectivity index (χ1v) is 56.8. The average molecular weight is 1950 g/mol. The van der Waals surface area contributed by atoms with Crippen LogP contribution in [0.5, 0.6) is 17.2 Å². The molecule has 20 rings (SSSR count). The molecule has 8 aromatic carbocycles. The molecule has 0 saturated carbocycles. The highest BCUT2D eigenvalue weighted by Crippen LogP contribution is 2.29. The maximum Gasteiger partial charge on any atom is 0.189 e. The minimum Gasteiger partial charge on any atom is -0.486 e. The molecule has 8 aliphatic rings. The van der Waals surface area contributed by atoms with E-state index in [1.165, 1.54) is 161 Å². The molecule has 0 radical (unpaired) electrons. The first kappa shape index (κ1) is 151. The Bertz CT molecular complexity index is 3360. The van der Waals surface area contributed by atoms with Gasteiger partial charge in [-0.3, -0.25) is 19.9 Å². The quantitative estimate of drug-likeness (QED) is 0.150. The Morgan fingerprint density at radius 1 is 0.250 bits per heavy atom. The fourth-order valence-electron chi connectivity index (χ4n) is 12.6. The van der Waals surface area contributed by atoms with Crippen LogP contribution >= 0.6 is 11.8 Å². The predicted molar refractivity (Wildman–Crippen MR) is 638 cm³/mol. The number of nitrogens with one attached hydrogen (secondary N) is 2. The molecule has 0 amide bonds. The average Bonchev–Trinajstić information content (AvgIpc) is 0.948. The first-order valence-electron chi connectivity index (χ1n) is 55.6. The summed E-state index contributed by atoms with van der Waals surface area (Å²) in [4.78, 5) is 16.6. The van der Waals surface area contributed by atoms with Crippen LogP contribution in [0.2, 0.25) is 0 Å². The summed E-state index contributed by atoms with van der Waals surface area (Å²) in [6, 6.07) is 78.6. The minimum atomic E-state index is 0.386. The monoisotopic (exact) mass is 1950 g/mol. The molecule has 12 aromatic rings. The largest absolute Gasteiger partial charge is 0.486 e. The fourth-order valence-corrected chi connectivity index (χ4v) is 13.6. The Kier molecular flexibility index (Phi) is 135. The molecule has 140 heavy (non-hydrogen) atoms. The van der Waals surface area contributed by atoms with Crippen molar-refractivity contribution in [3.8, 4) is 17.2 Å². The van der Waals surface area contributed by atoms with Gasteiger partial charge >= 0.3 is 0 Å². The van der Waals surface area contributed by atoms with Gasteiger partial charge in [-0.2, -0.15) is 11.8 Å². The lowest BCUT2D eigenvalue weighted by molar-refractivity contribution is -0.0163. The highest BCUT2D eigenvalue weighted by atomic mass is 32.2. The third-order valence-electron chi connectivity index (χ3n) is 18.0. The van der Waals surface area contributed by atoms with Crippen molar-refractivity contribution in [3.63, 3.8) is 0 Å². The summed E-state index contributed by atoms with van der Waals surface area (Å²) in [6.45, 7) is 87.4. The number of fused-ring (bicyclic) bond motifs is 10. The van der Waals surface area contributed by atoms with Crippen LogP contribution in [-0.4, -0.2) is 65.4 Å². The summed E-state index contributed by atoms with van der Waals surface area (Å²) in [6.07, 6.45) is 27.6. The van der Waals surface area contributed by atoms with Gasteiger partial charge in [-0.1, -0.05) is 453 Å². The van der Waals surface area contributed by atoms with Crippen LogP contribution < -0.4 is 24.8 Å². The molecule has 2 N–H and O–H groups in total. The van der Waals surface area contributed by atoms with Gasteiger partial charge in [-0.05, 0) is 217 Å². The molecule has 10 heterocycles. The number of benzene rings is 8. The molecule has 11 nitrogen and oxygen atoms in total. The van der Waals surface area contributed by atoms with Crippen molar-refractivity contribution in [2.24, 2.45) is 0 Å². The molecule has 6 aliphatic heterocycles. The third-order valence-corrected chi connectivity index (χ3v) is 19.0. The van der Waals surface area contributed by atoms with Crippen molar-refractivity contribution in [3.05, 3.63) is 335 Å². The van der Waals surface area contributed by atoms with Gasteiger partial charge in [-0.25, -0.2) is 0 Å². The number of hydrogen-bond donors (Lipinski definition) is 2. The Hall–Kier alpha value is -9.69. The van der Waals surface area contributed by atoms with Crippen LogP contribution in [0.15, 0.2) is 268 Å². The zero-order valence-corrected chi connectivity index (χ0v) is 98.4. The molecular weight excluding hydrogens is 1730 g/mol. The van der Waals surface area contributed by atoms with Crippen molar-refractivity contribution < 1.29 is 23.7 Å². The summed E-state index contributed by atoms with van der Waals surface area (Å²) in [5.74, 6) is 5.18. The topological polar surface area (TPSA) is 122 Å². The normalized spacial score (nSPS) is 11.4. The zero-order chi connectivity index (χ0) is 108. The number of nitrogens with zero attached hydrogens (tertiary/aromatic N) is 4. The smallest absolute Gasteiger partial charge is 0.189 e. The third kappa shape index (κ3) is 71.7. The second-order valence-electron chi connectivity index (χ2n) is 25.0. The van der Waals surface area contributed by atoms with E-state index in [1.54, 1.807) is 11.1 Å². The maximum absolute atomic E-state index is 5.30. The number of para-hydroxylation sites is 5. The number of rotatable bonds is 0. The molecule has 2 aliphatic carbocycles. The number of aryl methyl sites for hydroxylation is 6. The van der Waals surface area contributed by atoms with E-state index in [2.05, 4.69) is 164 Å². The van der Waals surface area contributed by atoms with Gasteiger partial charge in [0.2, 0.25) is 0 Å². The summed E-state index contributed by atoms with van der Waals surface area (Å²) >= 11 is 2.04. The Morgan fingerprint density at radius 3 is 1.16 bits per heavy atom. The molecule has 792 valence electrons. The van der Waals surface area contributed by atoms with Crippen LogP contribution in [0.3, 0.4) is 0 Å². The van der Waals surface area contributed by atoms with E-state index in [0.717, 1.165) is 67.6 Å². The summed E-state index contributed by atoms with van der Waals surface area (Å²) in [5.41, 5.74) is 19.6. The lowest BCUT2D eigenvalue weighted by Crippen LogP contribution is -2.23. The first-order chi connectivity index (χ1) is 69.7. The van der Waals surface area contributed by atoms with E-state index < -0.39 is 0 Å². The van der Waals surface area contributed by atoms with Gasteiger partial charge < -0.3 is 34.3 Å².